The van der Waals surface area contributed by atoms with Crippen LogP contribution in [0.3, 0.4) is 0 Å². The van der Waals surface area contributed by atoms with Crippen molar-refractivity contribution in [2.45, 2.75) is 46.0 Å². The average molecular weight is 290 g/mol. The van der Waals surface area contributed by atoms with E-state index in [-0.39, 0.29) is 5.76 Å². The molecule has 0 unspecified atom stereocenters. The lowest BCUT2D eigenvalue weighted by Crippen LogP contribution is -2.10. The van der Waals surface area contributed by atoms with E-state index in [0.29, 0.717) is 6.61 Å². The Balaban J connectivity index is 2.54. The van der Waals surface area contributed by atoms with E-state index >= 15 is 0 Å². The quantitative estimate of drug-likeness (QED) is 0.293. The van der Waals surface area contributed by atoms with E-state index in [2.05, 4.69) is 26.0 Å². The van der Waals surface area contributed by atoms with Gasteiger partial charge in [0.2, 0.25) is 5.76 Å². The summed E-state index contributed by atoms with van der Waals surface area (Å²) < 4.78 is 10.4. The molecule has 0 aliphatic heterocycles. The molecule has 3 heteroatoms. The largest absolute Gasteiger partial charge is 0.490 e. The van der Waals surface area contributed by atoms with Crippen LogP contribution in [0.15, 0.2) is 30.0 Å². The Kier molecular flexibility index (Phi) is 8.25. The predicted molar refractivity (Wildman–Crippen MR) is 85.9 cm³/mol. The molecule has 1 rings (SSSR count). The molecule has 0 aromatic heterocycles. The van der Waals surface area contributed by atoms with Gasteiger partial charge < -0.3 is 9.47 Å². The van der Waals surface area contributed by atoms with Crippen LogP contribution in [-0.4, -0.2) is 19.7 Å². The first-order valence-corrected chi connectivity index (χ1v) is 7.73. The number of esters is 1. The summed E-state index contributed by atoms with van der Waals surface area (Å²) in [4.78, 5) is 11.9. The third-order valence-corrected chi connectivity index (χ3v) is 3.34. The highest BCUT2D eigenvalue weighted by molar-refractivity contribution is 5.91. The van der Waals surface area contributed by atoms with Crippen molar-refractivity contribution in [3.05, 3.63) is 41.2 Å². The normalized spacial score (nSPS) is 11.3. The molecule has 0 saturated carbocycles. The number of rotatable bonds is 9. The predicted octanol–water partition coefficient (Wildman–Crippen LogP) is 4.36. The number of methoxy groups -OCH3 is 1. The van der Waals surface area contributed by atoms with E-state index in [4.69, 9.17) is 9.47 Å². The highest BCUT2D eigenvalue weighted by atomic mass is 16.6. The van der Waals surface area contributed by atoms with Crippen molar-refractivity contribution in [2.24, 2.45) is 0 Å². The summed E-state index contributed by atoms with van der Waals surface area (Å²) in [6.45, 7) is 4.72. The van der Waals surface area contributed by atoms with E-state index in [1.54, 1.807) is 6.08 Å². The van der Waals surface area contributed by atoms with Crippen molar-refractivity contribution >= 4 is 12.0 Å². The van der Waals surface area contributed by atoms with Gasteiger partial charge in [0.25, 0.3) is 0 Å². The maximum absolute atomic E-state index is 11.9. The molecule has 0 amide bonds. The van der Waals surface area contributed by atoms with E-state index in [9.17, 15) is 4.79 Å². The summed E-state index contributed by atoms with van der Waals surface area (Å²) in [5.41, 5.74) is 2.21. The van der Waals surface area contributed by atoms with Crippen molar-refractivity contribution in [3.8, 4) is 0 Å². The molecule has 0 spiro atoms. The number of unbranched alkanes of at least 4 members (excludes halogenated alkanes) is 3. The molecule has 0 aliphatic rings. The van der Waals surface area contributed by atoms with E-state index in [1.807, 2.05) is 12.1 Å². The molecule has 0 N–H and O–H groups in total. The van der Waals surface area contributed by atoms with Gasteiger partial charge in [-0.05, 0) is 30.0 Å². The van der Waals surface area contributed by atoms with Gasteiger partial charge in [0, 0.05) is 0 Å². The van der Waals surface area contributed by atoms with E-state index in [1.165, 1.54) is 25.5 Å². The Labute approximate surface area is 128 Å². The molecule has 1 aromatic carbocycles. The molecular weight excluding hydrogens is 264 g/mol. The van der Waals surface area contributed by atoms with Crippen LogP contribution < -0.4 is 0 Å². The van der Waals surface area contributed by atoms with Crippen LogP contribution in [0.1, 0.15) is 50.7 Å². The summed E-state index contributed by atoms with van der Waals surface area (Å²) in [5.74, 6) is -0.150. The van der Waals surface area contributed by atoms with Crippen LogP contribution in [0.25, 0.3) is 6.08 Å². The Bertz CT molecular complexity index is 446. The van der Waals surface area contributed by atoms with Crippen LogP contribution in [0.5, 0.6) is 0 Å². The summed E-state index contributed by atoms with van der Waals surface area (Å²) >= 11 is 0. The summed E-state index contributed by atoms with van der Waals surface area (Å²) in [6.07, 6.45) is 7.06. The second-order valence-corrected chi connectivity index (χ2v) is 5.00. The third kappa shape index (κ3) is 6.48. The molecular formula is C18H26O3. The minimum Gasteiger partial charge on any atom is -0.490 e. The van der Waals surface area contributed by atoms with Gasteiger partial charge in [0.05, 0.1) is 13.7 Å². The standard InChI is InChI=1S/C18H26O3/c1-4-6-7-8-13-21-18(19)17(20-3)14-16-11-9-15(5-2)10-12-16/h9-12,14H,4-8,13H2,1-3H3. The number of aryl methyl sites for hydroxylation is 1. The molecule has 0 bridgehead atoms. The van der Waals surface area contributed by atoms with Crippen molar-refractivity contribution in [1.29, 1.82) is 0 Å². The fourth-order valence-corrected chi connectivity index (χ4v) is 1.97. The first-order valence-electron chi connectivity index (χ1n) is 7.73. The van der Waals surface area contributed by atoms with Crippen LogP contribution in [-0.2, 0) is 20.7 Å². The van der Waals surface area contributed by atoms with Crippen molar-refractivity contribution in [3.63, 3.8) is 0 Å². The minimum absolute atomic E-state index is 0.245. The van der Waals surface area contributed by atoms with Gasteiger partial charge in [-0.25, -0.2) is 4.79 Å². The zero-order chi connectivity index (χ0) is 15.5. The van der Waals surface area contributed by atoms with Gasteiger partial charge in [0.15, 0.2) is 0 Å². The fraction of sp³-hybridized carbons (Fsp3) is 0.500. The lowest BCUT2D eigenvalue weighted by atomic mass is 10.1. The fourth-order valence-electron chi connectivity index (χ4n) is 1.97. The molecule has 0 atom stereocenters. The molecule has 1 aromatic rings. The smallest absolute Gasteiger partial charge is 0.373 e. The third-order valence-electron chi connectivity index (χ3n) is 3.34. The van der Waals surface area contributed by atoms with Crippen molar-refractivity contribution < 1.29 is 14.3 Å². The molecule has 21 heavy (non-hydrogen) atoms. The molecule has 0 aliphatic carbocycles. The number of hydrogen-bond acceptors (Lipinski definition) is 3. The van der Waals surface area contributed by atoms with Gasteiger partial charge in [-0.15, -0.1) is 0 Å². The number of carbonyl (C=O) groups excluding carboxylic acids is 1. The first kappa shape index (κ1) is 17.3. The van der Waals surface area contributed by atoms with Gasteiger partial charge >= 0.3 is 5.97 Å². The van der Waals surface area contributed by atoms with Gasteiger partial charge in [-0.2, -0.15) is 0 Å². The lowest BCUT2D eigenvalue weighted by molar-refractivity contribution is -0.142. The number of benzene rings is 1. The SMILES string of the molecule is CCCCCCOC(=O)C(=Cc1ccc(CC)cc1)OC. The zero-order valence-corrected chi connectivity index (χ0v) is 13.4. The second-order valence-electron chi connectivity index (χ2n) is 5.00. The Morgan fingerprint density at radius 1 is 1.10 bits per heavy atom. The monoisotopic (exact) mass is 290 g/mol. The van der Waals surface area contributed by atoms with Crippen LogP contribution >= 0.6 is 0 Å². The molecule has 116 valence electrons. The summed E-state index contributed by atoms with van der Waals surface area (Å²) in [7, 11) is 1.49. The van der Waals surface area contributed by atoms with Crippen LogP contribution in [0.4, 0.5) is 0 Å². The average Bonchev–Trinajstić information content (AvgIpc) is 2.52. The zero-order valence-electron chi connectivity index (χ0n) is 13.4. The topological polar surface area (TPSA) is 35.5 Å². The van der Waals surface area contributed by atoms with Crippen molar-refractivity contribution in [1.82, 2.24) is 0 Å². The van der Waals surface area contributed by atoms with Crippen LogP contribution in [0.2, 0.25) is 0 Å². The first-order chi connectivity index (χ1) is 10.2. The highest BCUT2D eigenvalue weighted by Crippen LogP contribution is 2.11. The van der Waals surface area contributed by atoms with Gasteiger partial charge in [-0.1, -0.05) is 57.4 Å². The lowest BCUT2D eigenvalue weighted by Gasteiger charge is -2.07. The second kappa shape index (κ2) is 10.0. The Morgan fingerprint density at radius 2 is 1.81 bits per heavy atom. The van der Waals surface area contributed by atoms with Gasteiger partial charge in [0.1, 0.15) is 0 Å². The molecule has 0 fully saturated rings. The maximum Gasteiger partial charge on any atom is 0.373 e. The number of carbonyl (C=O) groups is 1. The van der Waals surface area contributed by atoms with E-state index < -0.39 is 5.97 Å². The molecule has 0 saturated heterocycles. The molecule has 3 nitrogen and oxygen atoms in total. The Morgan fingerprint density at radius 3 is 2.38 bits per heavy atom. The maximum atomic E-state index is 11.9. The summed E-state index contributed by atoms with van der Waals surface area (Å²) in [6, 6.07) is 8.06. The van der Waals surface area contributed by atoms with Crippen LogP contribution in [0, 0.1) is 0 Å². The Hall–Kier alpha value is -1.77. The number of hydrogen-bond donors (Lipinski definition) is 0. The molecule has 0 radical (unpaired) electrons. The highest BCUT2D eigenvalue weighted by Gasteiger charge is 2.11. The molecule has 0 heterocycles. The van der Waals surface area contributed by atoms with E-state index in [0.717, 1.165) is 24.8 Å². The van der Waals surface area contributed by atoms with Gasteiger partial charge in [-0.3, -0.25) is 0 Å². The van der Waals surface area contributed by atoms with Crippen molar-refractivity contribution in [2.75, 3.05) is 13.7 Å². The summed E-state index contributed by atoms with van der Waals surface area (Å²) in [5, 5.41) is 0. The number of ether oxygens (including phenoxy) is 2. The minimum atomic E-state index is -0.395.